The molecule has 1 heterocycles. The molecule has 0 atom stereocenters. The van der Waals surface area contributed by atoms with Gasteiger partial charge in [0, 0.05) is 6.54 Å². The molecule has 0 spiro atoms. The number of hydrogen-bond donors (Lipinski definition) is 1. The van der Waals surface area contributed by atoms with Crippen LogP contribution in [-0.4, -0.2) is 22.5 Å². The first-order valence-corrected chi connectivity index (χ1v) is 5.65. The lowest BCUT2D eigenvalue weighted by Gasteiger charge is -2.06. The Kier molecular flexibility index (Phi) is 3.68. The topological polar surface area (TPSA) is 29.9 Å². The van der Waals surface area contributed by atoms with Crippen molar-refractivity contribution in [1.29, 1.82) is 0 Å². The van der Waals surface area contributed by atoms with Gasteiger partial charge in [-0.15, -0.1) is 0 Å². The number of halogens is 2. The summed E-state index contributed by atoms with van der Waals surface area (Å²) >= 11 is 0. The molecule has 0 aliphatic heterocycles. The number of hydrogen-bond acceptors (Lipinski definition) is 2. The van der Waals surface area contributed by atoms with Gasteiger partial charge in [-0.1, -0.05) is 12.1 Å². The van der Waals surface area contributed by atoms with Gasteiger partial charge in [-0.05, 0) is 19.1 Å². The summed E-state index contributed by atoms with van der Waals surface area (Å²) < 4.78 is 26.1. The summed E-state index contributed by atoms with van der Waals surface area (Å²) in [4.78, 5) is 4.44. The van der Waals surface area contributed by atoms with E-state index in [2.05, 4.69) is 10.3 Å². The first-order chi connectivity index (χ1) is 8.22. The smallest absolute Gasteiger partial charge is 0.250 e. The number of aromatic nitrogens is 2. The highest BCUT2D eigenvalue weighted by atomic mass is 19.3. The second kappa shape index (κ2) is 5.23. The van der Waals surface area contributed by atoms with Crippen molar-refractivity contribution in [2.24, 2.45) is 0 Å². The molecule has 2 aromatic rings. The number of alkyl halides is 2. The van der Waals surface area contributed by atoms with Crippen molar-refractivity contribution in [3.05, 3.63) is 30.1 Å². The number of para-hydroxylation sites is 2. The fourth-order valence-corrected chi connectivity index (χ4v) is 1.91. The lowest BCUT2D eigenvalue weighted by Crippen LogP contribution is -2.22. The second-order valence-electron chi connectivity index (χ2n) is 3.78. The Bertz CT molecular complexity index is 493. The van der Waals surface area contributed by atoms with Gasteiger partial charge in [-0.3, -0.25) is 0 Å². The minimum atomic E-state index is -2.32. The minimum absolute atomic E-state index is 0.299. The Hall–Kier alpha value is -1.49. The van der Waals surface area contributed by atoms with Crippen LogP contribution in [0.5, 0.6) is 0 Å². The molecule has 2 rings (SSSR count). The number of nitrogens with zero attached hydrogens (tertiary/aromatic N) is 2. The van der Waals surface area contributed by atoms with E-state index in [0.29, 0.717) is 6.54 Å². The van der Waals surface area contributed by atoms with E-state index in [-0.39, 0.29) is 6.54 Å². The Morgan fingerprint density at radius 2 is 2.12 bits per heavy atom. The predicted octanol–water partition coefficient (Wildman–Crippen LogP) is 2.41. The van der Waals surface area contributed by atoms with Gasteiger partial charge >= 0.3 is 0 Å². The van der Waals surface area contributed by atoms with Crippen molar-refractivity contribution >= 4 is 11.0 Å². The van der Waals surface area contributed by atoms with E-state index >= 15 is 0 Å². The van der Waals surface area contributed by atoms with Gasteiger partial charge in [-0.2, -0.15) is 0 Å². The molecule has 0 saturated carbocycles. The van der Waals surface area contributed by atoms with Crippen molar-refractivity contribution < 1.29 is 8.78 Å². The van der Waals surface area contributed by atoms with E-state index in [4.69, 9.17) is 0 Å². The highest BCUT2D eigenvalue weighted by molar-refractivity contribution is 5.75. The molecule has 1 aromatic heterocycles. The maximum absolute atomic E-state index is 12.0. The normalized spacial score (nSPS) is 11.5. The Morgan fingerprint density at radius 1 is 1.35 bits per heavy atom. The standard InChI is InChI=1S/C12H15F2N3/c1-2-17-10-6-4-3-5-9(10)16-12(17)8-15-7-11(13)14/h3-6,11,15H,2,7-8H2,1H3. The molecule has 17 heavy (non-hydrogen) atoms. The molecule has 0 radical (unpaired) electrons. The van der Waals surface area contributed by atoms with E-state index in [1.807, 2.05) is 35.8 Å². The zero-order valence-corrected chi connectivity index (χ0v) is 9.66. The molecule has 0 bridgehead atoms. The molecular formula is C12H15F2N3. The fourth-order valence-electron chi connectivity index (χ4n) is 1.91. The SMILES string of the molecule is CCn1c(CNCC(F)F)nc2ccccc21. The molecule has 5 heteroatoms. The van der Waals surface area contributed by atoms with Crippen molar-refractivity contribution in [3.63, 3.8) is 0 Å². The van der Waals surface area contributed by atoms with Crippen LogP contribution in [0.1, 0.15) is 12.7 Å². The third-order valence-electron chi connectivity index (χ3n) is 2.63. The molecule has 1 N–H and O–H groups in total. The van der Waals surface area contributed by atoms with Gasteiger partial charge < -0.3 is 9.88 Å². The summed E-state index contributed by atoms with van der Waals surface area (Å²) in [5.41, 5.74) is 1.95. The van der Waals surface area contributed by atoms with Crippen molar-refractivity contribution in [2.45, 2.75) is 26.4 Å². The van der Waals surface area contributed by atoms with Crippen LogP contribution in [-0.2, 0) is 13.1 Å². The number of fused-ring (bicyclic) bond motifs is 1. The first-order valence-electron chi connectivity index (χ1n) is 5.65. The fraction of sp³-hybridized carbons (Fsp3) is 0.417. The predicted molar refractivity (Wildman–Crippen MR) is 63.1 cm³/mol. The zero-order chi connectivity index (χ0) is 12.3. The molecule has 92 valence electrons. The third-order valence-corrected chi connectivity index (χ3v) is 2.63. The Morgan fingerprint density at radius 3 is 2.82 bits per heavy atom. The van der Waals surface area contributed by atoms with Crippen LogP contribution in [0.4, 0.5) is 8.78 Å². The van der Waals surface area contributed by atoms with Crippen molar-refractivity contribution in [2.75, 3.05) is 6.54 Å². The highest BCUT2D eigenvalue weighted by Crippen LogP contribution is 2.15. The average molecular weight is 239 g/mol. The number of aryl methyl sites for hydroxylation is 1. The number of rotatable bonds is 5. The number of nitrogens with one attached hydrogen (secondary N) is 1. The highest BCUT2D eigenvalue weighted by Gasteiger charge is 2.09. The van der Waals surface area contributed by atoms with Gasteiger partial charge in [0.15, 0.2) is 0 Å². The van der Waals surface area contributed by atoms with Gasteiger partial charge in [0.1, 0.15) is 5.82 Å². The first kappa shape index (κ1) is 12.0. The van der Waals surface area contributed by atoms with Crippen molar-refractivity contribution in [3.8, 4) is 0 Å². The monoisotopic (exact) mass is 239 g/mol. The van der Waals surface area contributed by atoms with Gasteiger partial charge in [-0.25, -0.2) is 13.8 Å². The maximum atomic E-state index is 12.0. The van der Waals surface area contributed by atoms with Crippen LogP contribution in [0.3, 0.4) is 0 Å². The Labute approximate surface area is 98.5 Å². The molecule has 0 aliphatic carbocycles. The van der Waals surface area contributed by atoms with E-state index in [1.165, 1.54) is 0 Å². The minimum Gasteiger partial charge on any atom is -0.327 e. The summed E-state index contributed by atoms with van der Waals surface area (Å²) in [6.45, 7) is 2.87. The van der Waals surface area contributed by atoms with Crippen molar-refractivity contribution in [1.82, 2.24) is 14.9 Å². The lowest BCUT2D eigenvalue weighted by atomic mass is 10.3. The third kappa shape index (κ3) is 2.61. The van der Waals surface area contributed by atoms with Crippen LogP contribution in [0, 0.1) is 0 Å². The summed E-state index contributed by atoms with van der Waals surface area (Å²) in [6, 6.07) is 7.79. The van der Waals surface area contributed by atoms with E-state index in [0.717, 1.165) is 23.4 Å². The van der Waals surface area contributed by atoms with E-state index < -0.39 is 6.43 Å². The summed E-state index contributed by atoms with van der Waals surface area (Å²) in [6.07, 6.45) is -2.32. The molecule has 1 aromatic carbocycles. The molecule has 0 amide bonds. The van der Waals surface area contributed by atoms with Crippen LogP contribution in [0.25, 0.3) is 11.0 Å². The van der Waals surface area contributed by atoms with Crippen LogP contribution < -0.4 is 5.32 Å². The largest absolute Gasteiger partial charge is 0.327 e. The van der Waals surface area contributed by atoms with Gasteiger partial charge in [0.25, 0.3) is 6.43 Å². The molecule has 0 aliphatic rings. The molecule has 0 unspecified atom stereocenters. The average Bonchev–Trinajstić information content (AvgIpc) is 2.66. The number of imidazole rings is 1. The van der Waals surface area contributed by atoms with Gasteiger partial charge in [0.2, 0.25) is 0 Å². The lowest BCUT2D eigenvalue weighted by molar-refractivity contribution is 0.145. The van der Waals surface area contributed by atoms with E-state index in [9.17, 15) is 8.78 Å². The zero-order valence-electron chi connectivity index (χ0n) is 9.66. The molecule has 0 fully saturated rings. The summed E-state index contributed by atoms with van der Waals surface area (Å²) in [5, 5.41) is 2.70. The quantitative estimate of drug-likeness (QED) is 0.868. The number of benzene rings is 1. The summed E-state index contributed by atoms with van der Waals surface area (Å²) in [7, 11) is 0. The molecule has 3 nitrogen and oxygen atoms in total. The summed E-state index contributed by atoms with van der Waals surface area (Å²) in [5.74, 6) is 0.800. The maximum Gasteiger partial charge on any atom is 0.250 e. The molecule has 0 saturated heterocycles. The van der Waals surface area contributed by atoms with Crippen LogP contribution in [0.2, 0.25) is 0 Å². The molecular weight excluding hydrogens is 224 g/mol. The van der Waals surface area contributed by atoms with E-state index in [1.54, 1.807) is 0 Å². The Balaban J connectivity index is 2.21. The van der Waals surface area contributed by atoms with Gasteiger partial charge in [0.05, 0.1) is 24.1 Å². The van der Waals surface area contributed by atoms with Crippen LogP contribution in [0.15, 0.2) is 24.3 Å². The van der Waals surface area contributed by atoms with Crippen LogP contribution >= 0.6 is 0 Å². The second-order valence-corrected chi connectivity index (χ2v) is 3.78.